The van der Waals surface area contributed by atoms with E-state index in [0.717, 1.165) is 17.7 Å². The molecule has 3 rings (SSSR count). The minimum absolute atomic E-state index is 0.155. The summed E-state index contributed by atoms with van der Waals surface area (Å²) in [6, 6.07) is 23.8. The van der Waals surface area contributed by atoms with Crippen molar-refractivity contribution in [2.24, 2.45) is 0 Å². The number of nitrogens with zero attached hydrogens (tertiary/aromatic N) is 1. The molecular weight excluding hydrogens is 376 g/mol. The van der Waals surface area contributed by atoms with Gasteiger partial charge in [0.1, 0.15) is 5.75 Å². The first-order chi connectivity index (χ1) is 14.6. The van der Waals surface area contributed by atoms with Gasteiger partial charge in [-0.05, 0) is 48.4 Å². The first-order valence-corrected chi connectivity index (χ1v) is 10.0. The summed E-state index contributed by atoms with van der Waals surface area (Å²) < 4.78 is 5.55. The van der Waals surface area contributed by atoms with E-state index in [1.165, 1.54) is 0 Å². The Balaban J connectivity index is 1.71. The van der Waals surface area contributed by atoms with Crippen LogP contribution in [-0.2, 0) is 6.54 Å². The number of nitrogens with one attached hydrogen (secondary N) is 1. The topological polar surface area (TPSA) is 58.6 Å². The SMILES string of the molecule is CCCOc1ccc(C(=O)Nc2ccccc2C(=O)N(C)Cc2ccccc2)cc1. The lowest BCUT2D eigenvalue weighted by molar-refractivity contribution is 0.0786. The van der Waals surface area contributed by atoms with Crippen LogP contribution in [0.5, 0.6) is 5.75 Å². The molecule has 0 aromatic heterocycles. The molecule has 0 aliphatic heterocycles. The van der Waals surface area contributed by atoms with E-state index < -0.39 is 0 Å². The lowest BCUT2D eigenvalue weighted by Crippen LogP contribution is -2.27. The molecule has 30 heavy (non-hydrogen) atoms. The minimum atomic E-state index is -0.275. The van der Waals surface area contributed by atoms with Gasteiger partial charge in [0.05, 0.1) is 17.9 Å². The van der Waals surface area contributed by atoms with Crippen molar-refractivity contribution in [2.45, 2.75) is 19.9 Å². The van der Waals surface area contributed by atoms with Crippen molar-refractivity contribution in [3.05, 3.63) is 95.6 Å². The molecule has 3 aromatic rings. The van der Waals surface area contributed by atoms with E-state index in [9.17, 15) is 9.59 Å². The van der Waals surface area contributed by atoms with Crippen molar-refractivity contribution in [3.63, 3.8) is 0 Å². The van der Waals surface area contributed by atoms with Gasteiger partial charge < -0.3 is 15.0 Å². The summed E-state index contributed by atoms with van der Waals surface area (Å²) in [5.41, 5.74) is 2.48. The maximum Gasteiger partial charge on any atom is 0.256 e. The molecular formula is C25H26N2O3. The van der Waals surface area contributed by atoms with Gasteiger partial charge in [-0.1, -0.05) is 49.4 Å². The number of amides is 2. The van der Waals surface area contributed by atoms with E-state index in [-0.39, 0.29) is 11.8 Å². The third kappa shape index (κ3) is 5.47. The highest BCUT2D eigenvalue weighted by atomic mass is 16.5. The van der Waals surface area contributed by atoms with Crippen LogP contribution >= 0.6 is 0 Å². The largest absolute Gasteiger partial charge is 0.494 e. The van der Waals surface area contributed by atoms with Crippen LogP contribution in [0.2, 0.25) is 0 Å². The van der Waals surface area contributed by atoms with E-state index in [0.29, 0.717) is 30.0 Å². The van der Waals surface area contributed by atoms with Gasteiger partial charge in [-0.2, -0.15) is 0 Å². The van der Waals surface area contributed by atoms with Crippen LogP contribution in [0.15, 0.2) is 78.9 Å². The number of carbonyl (C=O) groups excluding carboxylic acids is 2. The Hall–Kier alpha value is -3.60. The second kappa shape index (κ2) is 10.3. The monoisotopic (exact) mass is 402 g/mol. The summed E-state index contributed by atoms with van der Waals surface area (Å²) in [6.07, 6.45) is 0.922. The van der Waals surface area contributed by atoms with Crippen molar-refractivity contribution >= 4 is 17.5 Å². The van der Waals surface area contributed by atoms with Crippen molar-refractivity contribution < 1.29 is 14.3 Å². The highest BCUT2D eigenvalue weighted by Gasteiger charge is 2.17. The fraction of sp³-hybridized carbons (Fsp3) is 0.200. The Kier molecular flexibility index (Phi) is 7.22. The minimum Gasteiger partial charge on any atom is -0.494 e. The maximum atomic E-state index is 13.0. The number of ether oxygens (including phenoxy) is 1. The highest BCUT2D eigenvalue weighted by Crippen LogP contribution is 2.20. The molecule has 0 radical (unpaired) electrons. The maximum absolute atomic E-state index is 13.0. The van der Waals surface area contributed by atoms with E-state index >= 15 is 0 Å². The molecule has 0 aliphatic carbocycles. The normalized spacial score (nSPS) is 10.3. The fourth-order valence-electron chi connectivity index (χ4n) is 3.03. The van der Waals surface area contributed by atoms with Gasteiger partial charge in [0, 0.05) is 19.2 Å². The molecule has 0 fully saturated rings. The van der Waals surface area contributed by atoms with Crippen LogP contribution in [0.4, 0.5) is 5.69 Å². The van der Waals surface area contributed by atoms with Gasteiger partial charge in [0.15, 0.2) is 0 Å². The zero-order valence-corrected chi connectivity index (χ0v) is 17.3. The van der Waals surface area contributed by atoms with E-state index in [1.54, 1.807) is 60.5 Å². The zero-order valence-electron chi connectivity index (χ0n) is 17.3. The van der Waals surface area contributed by atoms with Crippen molar-refractivity contribution in [3.8, 4) is 5.75 Å². The third-order valence-electron chi connectivity index (χ3n) is 4.60. The number of carbonyl (C=O) groups is 2. The van der Waals surface area contributed by atoms with Crippen LogP contribution in [0.25, 0.3) is 0 Å². The predicted octanol–water partition coefficient (Wildman–Crippen LogP) is 5.00. The number of benzene rings is 3. The van der Waals surface area contributed by atoms with Crippen molar-refractivity contribution in [1.82, 2.24) is 4.90 Å². The number of para-hydroxylation sites is 1. The molecule has 5 heteroatoms. The van der Waals surface area contributed by atoms with Gasteiger partial charge in [-0.25, -0.2) is 0 Å². The summed E-state index contributed by atoms with van der Waals surface area (Å²) in [4.78, 5) is 27.3. The van der Waals surface area contributed by atoms with Crippen LogP contribution in [0, 0.1) is 0 Å². The third-order valence-corrected chi connectivity index (χ3v) is 4.60. The van der Waals surface area contributed by atoms with Crippen molar-refractivity contribution in [2.75, 3.05) is 19.0 Å². The molecule has 0 saturated heterocycles. The molecule has 3 aromatic carbocycles. The molecule has 0 atom stereocenters. The van der Waals surface area contributed by atoms with Crippen molar-refractivity contribution in [1.29, 1.82) is 0 Å². The van der Waals surface area contributed by atoms with Gasteiger partial charge in [-0.15, -0.1) is 0 Å². The zero-order chi connectivity index (χ0) is 21.3. The molecule has 0 heterocycles. The lowest BCUT2D eigenvalue weighted by atomic mass is 10.1. The molecule has 0 saturated carbocycles. The summed E-state index contributed by atoms with van der Waals surface area (Å²) >= 11 is 0. The van der Waals surface area contributed by atoms with E-state index in [1.807, 2.05) is 37.3 Å². The number of anilines is 1. The number of rotatable bonds is 8. The first-order valence-electron chi connectivity index (χ1n) is 10.0. The van der Waals surface area contributed by atoms with Gasteiger partial charge >= 0.3 is 0 Å². The Morgan fingerprint density at radius 3 is 2.27 bits per heavy atom. The molecule has 2 amide bonds. The summed E-state index contributed by atoms with van der Waals surface area (Å²) in [6.45, 7) is 3.16. The Morgan fingerprint density at radius 1 is 0.900 bits per heavy atom. The van der Waals surface area contributed by atoms with Gasteiger partial charge in [-0.3, -0.25) is 9.59 Å². The average molecular weight is 402 g/mol. The van der Waals surface area contributed by atoms with Crippen LogP contribution in [-0.4, -0.2) is 30.4 Å². The van der Waals surface area contributed by atoms with Crippen LogP contribution < -0.4 is 10.1 Å². The molecule has 0 aliphatic rings. The summed E-state index contributed by atoms with van der Waals surface area (Å²) in [7, 11) is 1.75. The Morgan fingerprint density at radius 2 is 1.57 bits per heavy atom. The smallest absolute Gasteiger partial charge is 0.256 e. The molecule has 154 valence electrons. The van der Waals surface area contributed by atoms with Crippen LogP contribution in [0.3, 0.4) is 0 Å². The fourth-order valence-corrected chi connectivity index (χ4v) is 3.03. The van der Waals surface area contributed by atoms with Gasteiger partial charge in [0.2, 0.25) is 0 Å². The quantitative estimate of drug-likeness (QED) is 0.577. The average Bonchev–Trinajstić information content (AvgIpc) is 2.78. The van der Waals surface area contributed by atoms with E-state index in [2.05, 4.69) is 5.32 Å². The standard InChI is InChI=1S/C25H26N2O3/c1-3-17-30-21-15-13-20(14-16-21)24(28)26-23-12-8-7-11-22(23)25(29)27(2)18-19-9-5-4-6-10-19/h4-16H,3,17-18H2,1-2H3,(H,26,28). The van der Waals surface area contributed by atoms with Crippen LogP contribution in [0.1, 0.15) is 39.6 Å². The number of hydrogen-bond donors (Lipinski definition) is 1. The molecule has 0 unspecified atom stereocenters. The van der Waals surface area contributed by atoms with Gasteiger partial charge in [0.25, 0.3) is 11.8 Å². The predicted molar refractivity (Wildman–Crippen MR) is 119 cm³/mol. The molecule has 5 nitrogen and oxygen atoms in total. The Labute approximate surface area is 177 Å². The lowest BCUT2D eigenvalue weighted by Gasteiger charge is -2.19. The highest BCUT2D eigenvalue weighted by molar-refractivity contribution is 6.09. The molecule has 0 spiro atoms. The number of hydrogen-bond acceptors (Lipinski definition) is 3. The summed E-state index contributed by atoms with van der Waals surface area (Å²) in [5, 5.41) is 2.86. The molecule has 1 N–H and O–H groups in total. The summed E-state index contributed by atoms with van der Waals surface area (Å²) in [5.74, 6) is 0.299. The van der Waals surface area contributed by atoms with E-state index in [4.69, 9.17) is 4.74 Å². The first kappa shape index (κ1) is 21.1. The molecule has 0 bridgehead atoms. The Bertz CT molecular complexity index is 985. The second-order valence-electron chi connectivity index (χ2n) is 7.02. The second-order valence-corrected chi connectivity index (χ2v) is 7.02.